The molecule has 2 rings (SSSR count). The molecule has 2 N–H and O–H groups in total. The van der Waals surface area contributed by atoms with Crippen LogP contribution in [0.2, 0.25) is 0 Å². The molecular formula is C32H43N3O4. The first-order chi connectivity index (χ1) is 18.6. The Bertz CT molecular complexity index is 1090. The number of amides is 3. The summed E-state index contributed by atoms with van der Waals surface area (Å²) in [5.74, 6) is 1.92. The van der Waals surface area contributed by atoms with Crippen LogP contribution in [-0.2, 0) is 20.9 Å². The van der Waals surface area contributed by atoms with Crippen LogP contribution in [0.5, 0.6) is 0 Å². The average molecular weight is 534 g/mol. The molecule has 0 aromatic heterocycles. The van der Waals surface area contributed by atoms with Crippen LogP contribution in [0.25, 0.3) is 0 Å². The zero-order chi connectivity index (χ0) is 28.7. The lowest BCUT2D eigenvalue weighted by Crippen LogP contribution is -2.48. The van der Waals surface area contributed by atoms with Gasteiger partial charge in [0.25, 0.3) is 0 Å². The molecule has 0 bridgehead atoms. The summed E-state index contributed by atoms with van der Waals surface area (Å²) in [7, 11) is 0. The highest BCUT2D eigenvalue weighted by Gasteiger charge is 2.31. The number of terminal acetylenes is 1. The van der Waals surface area contributed by atoms with Gasteiger partial charge in [-0.05, 0) is 50.5 Å². The van der Waals surface area contributed by atoms with Crippen LogP contribution in [0.4, 0.5) is 4.79 Å². The van der Waals surface area contributed by atoms with Crippen molar-refractivity contribution in [3.05, 3.63) is 71.3 Å². The minimum Gasteiger partial charge on any atom is -0.444 e. The van der Waals surface area contributed by atoms with Crippen LogP contribution in [0, 0.1) is 12.3 Å². The maximum Gasteiger partial charge on any atom is 0.408 e. The summed E-state index contributed by atoms with van der Waals surface area (Å²) in [6.07, 6.45) is 11.1. The Morgan fingerprint density at radius 3 is 2.18 bits per heavy atom. The molecule has 7 heteroatoms. The van der Waals surface area contributed by atoms with Gasteiger partial charge in [-0.15, -0.1) is 6.42 Å². The Morgan fingerprint density at radius 1 is 0.923 bits per heavy atom. The molecule has 0 aliphatic carbocycles. The van der Waals surface area contributed by atoms with Gasteiger partial charge in [0.1, 0.15) is 18.2 Å². The van der Waals surface area contributed by atoms with Gasteiger partial charge in [-0.2, -0.15) is 0 Å². The topological polar surface area (TPSA) is 87.7 Å². The van der Waals surface area contributed by atoms with E-state index in [2.05, 4.69) is 23.5 Å². The Kier molecular flexibility index (Phi) is 13.1. The predicted molar refractivity (Wildman–Crippen MR) is 155 cm³/mol. The molecular weight excluding hydrogens is 490 g/mol. The Labute approximate surface area is 233 Å². The molecule has 0 saturated heterocycles. The first-order valence-corrected chi connectivity index (χ1v) is 13.8. The fourth-order valence-corrected chi connectivity index (χ4v) is 4.14. The van der Waals surface area contributed by atoms with E-state index in [1.54, 1.807) is 49.9 Å². The van der Waals surface area contributed by atoms with E-state index in [9.17, 15) is 14.4 Å². The second-order valence-electron chi connectivity index (χ2n) is 10.6. The van der Waals surface area contributed by atoms with Crippen molar-refractivity contribution in [3.8, 4) is 12.3 Å². The molecule has 0 aliphatic rings. The lowest BCUT2D eigenvalue weighted by molar-refractivity contribution is -0.140. The number of alkyl carbamates (subject to hydrolysis) is 1. The zero-order valence-corrected chi connectivity index (χ0v) is 23.8. The van der Waals surface area contributed by atoms with Crippen molar-refractivity contribution in [1.29, 1.82) is 0 Å². The average Bonchev–Trinajstić information content (AvgIpc) is 2.91. The van der Waals surface area contributed by atoms with Gasteiger partial charge in [-0.3, -0.25) is 9.59 Å². The molecule has 1 unspecified atom stereocenters. The molecule has 39 heavy (non-hydrogen) atoms. The number of carbonyl (C=O) groups excluding carboxylic acids is 3. The summed E-state index contributed by atoms with van der Waals surface area (Å²) in [6.45, 7) is 7.86. The number of hydrogen-bond donors (Lipinski definition) is 2. The van der Waals surface area contributed by atoms with Crippen molar-refractivity contribution < 1.29 is 19.1 Å². The standard InChI is InChI=1S/C32H43N3O4/c1-6-8-9-10-11-15-22-35(28(36)24-34-31(38)39-32(3,4)5)29(27-20-18-25(7-2)19-21-27)30(37)33-23-26-16-13-12-14-17-26/h2,12-14,16-21,29H,6,8-11,15,22-24H2,1,3-5H3,(H,33,37)(H,34,38). The van der Waals surface area contributed by atoms with Crippen molar-refractivity contribution in [2.24, 2.45) is 0 Å². The molecule has 0 radical (unpaired) electrons. The summed E-state index contributed by atoms with van der Waals surface area (Å²) < 4.78 is 5.29. The number of hydrogen-bond acceptors (Lipinski definition) is 4. The van der Waals surface area contributed by atoms with Gasteiger partial charge in [0, 0.05) is 18.7 Å². The van der Waals surface area contributed by atoms with Crippen molar-refractivity contribution in [2.75, 3.05) is 13.1 Å². The first-order valence-electron chi connectivity index (χ1n) is 13.8. The Balaban J connectivity index is 2.28. The molecule has 7 nitrogen and oxygen atoms in total. The van der Waals surface area contributed by atoms with Crippen LogP contribution < -0.4 is 10.6 Å². The van der Waals surface area contributed by atoms with Crippen LogP contribution in [0.3, 0.4) is 0 Å². The predicted octanol–water partition coefficient (Wildman–Crippen LogP) is 5.74. The third-order valence-electron chi connectivity index (χ3n) is 6.12. The van der Waals surface area contributed by atoms with E-state index in [0.717, 1.165) is 37.7 Å². The number of ether oxygens (including phenoxy) is 1. The number of carbonyl (C=O) groups is 3. The lowest BCUT2D eigenvalue weighted by Gasteiger charge is -2.32. The highest BCUT2D eigenvalue weighted by molar-refractivity contribution is 5.90. The van der Waals surface area contributed by atoms with Crippen LogP contribution in [-0.4, -0.2) is 41.5 Å². The lowest BCUT2D eigenvalue weighted by atomic mass is 10.0. The highest BCUT2D eigenvalue weighted by Crippen LogP contribution is 2.24. The van der Waals surface area contributed by atoms with E-state index in [4.69, 9.17) is 11.2 Å². The number of nitrogens with zero attached hydrogens (tertiary/aromatic N) is 1. The quantitative estimate of drug-likeness (QED) is 0.239. The maximum absolute atomic E-state index is 13.7. The summed E-state index contributed by atoms with van der Waals surface area (Å²) in [5.41, 5.74) is 1.59. The SMILES string of the molecule is C#Cc1ccc(C(C(=O)NCc2ccccc2)N(CCCCCCCC)C(=O)CNC(=O)OC(C)(C)C)cc1. The van der Waals surface area contributed by atoms with Gasteiger partial charge in [-0.1, -0.05) is 87.4 Å². The normalized spacial score (nSPS) is 11.7. The van der Waals surface area contributed by atoms with E-state index in [-0.39, 0.29) is 18.4 Å². The van der Waals surface area contributed by atoms with Crippen LogP contribution >= 0.6 is 0 Å². The molecule has 2 aromatic rings. The fraction of sp³-hybridized carbons (Fsp3) is 0.469. The summed E-state index contributed by atoms with van der Waals surface area (Å²) in [6, 6.07) is 15.8. The molecule has 0 aliphatic heterocycles. The number of rotatable bonds is 14. The van der Waals surface area contributed by atoms with Gasteiger partial charge in [0.15, 0.2) is 0 Å². The molecule has 0 spiro atoms. The second-order valence-corrected chi connectivity index (χ2v) is 10.6. The van der Waals surface area contributed by atoms with E-state index in [1.165, 1.54) is 6.42 Å². The fourth-order valence-electron chi connectivity index (χ4n) is 4.14. The molecule has 0 heterocycles. The van der Waals surface area contributed by atoms with Crippen molar-refractivity contribution in [3.63, 3.8) is 0 Å². The van der Waals surface area contributed by atoms with Crippen molar-refractivity contribution in [2.45, 2.75) is 84.4 Å². The Hall–Kier alpha value is -3.79. The monoisotopic (exact) mass is 533 g/mol. The number of nitrogens with one attached hydrogen (secondary N) is 2. The maximum atomic E-state index is 13.7. The minimum atomic E-state index is -0.885. The largest absolute Gasteiger partial charge is 0.444 e. The van der Waals surface area contributed by atoms with Crippen LogP contribution in [0.1, 0.15) is 89.0 Å². The minimum absolute atomic E-state index is 0.282. The molecule has 2 aromatic carbocycles. The van der Waals surface area contributed by atoms with E-state index >= 15 is 0 Å². The molecule has 0 saturated carbocycles. The summed E-state index contributed by atoms with van der Waals surface area (Å²) >= 11 is 0. The van der Waals surface area contributed by atoms with Crippen molar-refractivity contribution >= 4 is 17.9 Å². The van der Waals surface area contributed by atoms with Gasteiger partial charge in [0.2, 0.25) is 11.8 Å². The number of unbranched alkanes of at least 4 members (excludes halogenated alkanes) is 5. The van der Waals surface area contributed by atoms with E-state index in [0.29, 0.717) is 24.2 Å². The smallest absolute Gasteiger partial charge is 0.408 e. The molecule has 0 fully saturated rings. The Morgan fingerprint density at radius 2 is 1.56 bits per heavy atom. The first kappa shape index (κ1) is 31.4. The highest BCUT2D eigenvalue weighted by atomic mass is 16.6. The third kappa shape index (κ3) is 11.6. The number of benzene rings is 2. The van der Waals surface area contributed by atoms with Crippen LogP contribution in [0.15, 0.2) is 54.6 Å². The molecule has 210 valence electrons. The van der Waals surface area contributed by atoms with E-state index in [1.807, 2.05) is 30.3 Å². The third-order valence-corrected chi connectivity index (χ3v) is 6.12. The summed E-state index contributed by atoms with van der Waals surface area (Å²) in [5, 5.41) is 5.54. The van der Waals surface area contributed by atoms with Crippen molar-refractivity contribution in [1.82, 2.24) is 15.5 Å². The zero-order valence-electron chi connectivity index (χ0n) is 23.8. The second kappa shape index (κ2) is 16.2. The van der Waals surface area contributed by atoms with Gasteiger partial charge in [0.05, 0.1) is 0 Å². The van der Waals surface area contributed by atoms with Gasteiger partial charge >= 0.3 is 6.09 Å². The molecule has 1 atom stereocenters. The van der Waals surface area contributed by atoms with E-state index < -0.39 is 17.7 Å². The van der Waals surface area contributed by atoms with Gasteiger partial charge in [-0.25, -0.2) is 4.79 Å². The van der Waals surface area contributed by atoms with Gasteiger partial charge < -0.3 is 20.3 Å². The molecule has 3 amide bonds. The summed E-state index contributed by atoms with van der Waals surface area (Å²) in [4.78, 5) is 41.0.